The molecule has 1 saturated heterocycles. The number of alkyl halides is 3. The van der Waals surface area contributed by atoms with E-state index < -0.39 is 11.9 Å². The van der Waals surface area contributed by atoms with Crippen molar-refractivity contribution in [2.75, 3.05) is 44.7 Å². The lowest BCUT2D eigenvalue weighted by Crippen LogP contribution is -2.55. The Bertz CT molecular complexity index is 746. The van der Waals surface area contributed by atoms with E-state index in [0.29, 0.717) is 37.5 Å². The Labute approximate surface area is 181 Å². The van der Waals surface area contributed by atoms with Crippen molar-refractivity contribution < 1.29 is 17.9 Å². The highest BCUT2D eigenvalue weighted by atomic mass is 19.4. The lowest BCUT2D eigenvalue weighted by atomic mass is 9.53. The van der Waals surface area contributed by atoms with Crippen molar-refractivity contribution in [1.29, 1.82) is 0 Å². The zero-order valence-corrected chi connectivity index (χ0v) is 17.9. The molecule has 0 spiro atoms. The molecular weight excluding hydrogens is 407 g/mol. The van der Waals surface area contributed by atoms with Crippen LogP contribution in [0.5, 0.6) is 0 Å². The number of ether oxygens (including phenoxy) is 1. The Morgan fingerprint density at radius 1 is 1.06 bits per heavy atom. The standard InChI is InChI=1S/C22H32F3N5O/c23-22(24,25)19-18(13-26-1-2-30-3-5-31-6-4-30)14-27-20(28-19)29-21-10-15-7-16(11-21)9-17(8-15)12-21/h14-17,26H,1-13H2,(H,27,28,29). The lowest BCUT2D eigenvalue weighted by Gasteiger charge is -2.56. The predicted octanol–water partition coefficient (Wildman–Crippen LogP) is 3.30. The SMILES string of the molecule is FC(F)(F)c1nc(NC23CC4CC(CC(C4)C2)C3)ncc1CNCCN1CCOCC1. The van der Waals surface area contributed by atoms with Gasteiger partial charge in [0.1, 0.15) is 0 Å². The van der Waals surface area contributed by atoms with Crippen molar-refractivity contribution in [3.8, 4) is 0 Å². The van der Waals surface area contributed by atoms with Gasteiger partial charge in [-0.05, 0) is 56.3 Å². The molecule has 2 heterocycles. The van der Waals surface area contributed by atoms with E-state index in [-0.39, 0.29) is 23.6 Å². The average Bonchev–Trinajstić information content (AvgIpc) is 2.71. The van der Waals surface area contributed by atoms with Crippen molar-refractivity contribution in [2.45, 2.75) is 56.8 Å². The second-order valence-corrected chi connectivity index (χ2v) is 10.0. The summed E-state index contributed by atoms with van der Waals surface area (Å²) >= 11 is 0. The third-order valence-electron chi connectivity index (χ3n) is 7.57. The molecule has 9 heteroatoms. The van der Waals surface area contributed by atoms with Crippen LogP contribution in [0.25, 0.3) is 0 Å². The predicted molar refractivity (Wildman–Crippen MR) is 111 cm³/mol. The van der Waals surface area contributed by atoms with Crippen LogP contribution in [0.1, 0.15) is 49.8 Å². The number of morpholine rings is 1. The zero-order chi connectivity index (χ0) is 21.5. The molecular formula is C22H32F3N5O. The number of nitrogens with one attached hydrogen (secondary N) is 2. The smallest absolute Gasteiger partial charge is 0.379 e. The van der Waals surface area contributed by atoms with Crippen molar-refractivity contribution in [3.05, 3.63) is 17.5 Å². The van der Waals surface area contributed by atoms with Gasteiger partial charge in [-0.25, -0.2) is 9.97 Å². The van der Waals surface area contributed by atoms with E-state index in [1.54, 1.807) is 0 Å². The summed E-state index contributed by atoms with van der Waals surface area (Å²) < 4.78 is 46.6. The maximum Gasteiger partial charge on any atom is 0.433 e. The van der Waals surface area contributed by atoms with E-state index in [2.05, 4.69) is 25.5 Å². The molecule has 2 N–H and O–H groups in total. The Morgan fingerprint density at radius 2 is 1.71 bits per heavy atom. The molecule has 0 atom stereocenters. The quantitative estimate of drug-likeness (QED) is 0.636. The van der Waals surface area contributed by atoms with E-state index in [4.69, 9.17) is 4.74 Å². The third-order valence-corrected chi connectivity index (χ3v) is 7.57. The molecule has 0 aromatic carbocycles. The minimum Gasteiger partial charge on any atom is -0.379 e. The van der Waals surface area contributed by atoms with E-state index in [1.807, 2.05) is 0 Å². The molecule has 172 valence electrons. The maximum absolute atomic E-state index is 13.8. The molecule has 0 radical (unpaired) electrons. The number of aromatic nitrogens is 2. The fourth-order valence-electron chi connectivity index (χ4n) is 6.63. The largest absolute Gasteiger partial charge is 0.433 e. The van der Waals surface area contributed by atoms with Gasteiger partial charge in [0, 0.05) is 50.0 Å². The van der Waals surface area contributed by atoms with Crippen molar-refractivity contribution in [2.24, 2.45) is 17.8 Å². The monoisotopic (exact) mass is 439 g/mol. The Morgan fingerprint density at radius 3 is 2.32 bits per heavy atom. The summed E-state index contributed by atoms with van der Waals surface area (Å²) in [5.74, 6) is 2.24. The topological polar surface area (TPSA) is 62.3 Å². The number of anilines is 1. The van der Waals surface area contributed by atoms with Crippen molar-refractivity contribution in [1.82, 2.24) is 20.2 Å². The summed E-state index contributed by atoms with van der Waals surface area (Å²) in [7, 11) is 0. The molecule has 1 aromatic rings. The number of hydrogen-bond acceptors (Lipinski definition) is 6. The Balaban J connectivity index is 1.24. The summed E-state index contributed by atoms with van der Waals surface area (Å²) in [6.07, 6.45) is 3.81. The van der Waals surface area contributed by atoms with Crippen LogP contribution in [-0.4, -0.2) is 59.8 Å². The second kappa shape index (κ2) is 8.48. The van der Waals surface area contributed by atoms with Crippen LogP contribution in [0, 0.1) is 17.8 Å². The van der Waals surface area contributed by atoms with Crippen LogP contribution in [-0.2, 0) is 17.5 Å². The van der Waals surface area contributed by atoms with Crippen molar-refractivity contribution >= 4 is 5.95 Å². The molecule has 5 fully saturated rings. The van der Waals surface area contributed by atoms with Crippen molar-refractivity contribution in [3.63, 3.8) is 0 Å². The van der Waals surface area contributed by atoms with Gasteiger partial charge in [-0.1, -0.05) is 0 Å². The van der Waals surface area contributed by atoms with Gasteiger partial charge in [0.2, 0.25) is 5.95 Å². The fourth-order valence-corrected chi connectivity index (χ4v) is 6.63. The summed E-state index contributed by atoms with van der Waals surface area (Å²) in [5.41, 5.74) is -0.839. The van der Waals surface area contributed by atoms with Crippen LogP contribution in [0.3, 0.4) is 0 Å². The Kier molecular flexibility index (Phi) is 5.85. The van der Waals surface area contributed by atoms with Gasteiger partial charge in [-0.15, -0.1) is 0 Å². The van der Waals surface area contributed by atoms with Gasteiger partial charge in [-0.3, -0.25) is 4.90 Å². The zero-order valence-electron chi connectivity index (χ0n) is 17.9. The summed E-state index contributed by atoms with van der Waals surface area (Å²) in [6.45, 7) is 4.67. The van der Waals surface area contributed by atoms with Gasteiger partial charge >= 0.3 is 6.18 Å². The molecule has 1 aromatic heterocycles. The van der Waals surface area contributed by atoms with Gasteiger partial charge in [0.25, 0.3) is 0 Å². The first-order valence-electron chi connectivity index (χ1n) is 11.6. The fraction of sp³-hybridized carbons (Fsp3) is 0.818. The maximum atomic E-state index is 13.8. The summed E-state index contributed by atoms with van der Waals surface area (Å²) in [6, 6.07) is 0. The molecule has 31 heavy (non-hydrogen) atoms. The molecule has 6 rings (SSSR count). The first-order chi connectivity index (χ1) is 14.9. The lowest BCUT2D eigenvalue weighted by molar-refractivity contribution is -0.141. The second-order valence-electron chi connectivity index (χ2n) is 10.0. The number of halogens is 3. The highest BCUT2D eigenvalue weighted by Crippen LogP contribution is 2.56. The molecule has 5 aliphatic rings. The van der Waals surface area contributed by atoms with Crippen LogP contribution in [0.4, 0.5) is 19.1 Å². The van der Waals surface area contributed by atoms with Gasteiger partial charge in [0.15, 0.2) is 5.69 Å². The summed E-state index contributed by atoms with van der Waals surface area (Å²) in [4.78, 5) is 10.5. The molecule has 0 unspecified atom stereocenters. The van der Waals surface area contributed by atoms with E-state index in [0.717, 1.165) is 38.9 Å². The molecule has 4 bridgehead atoms. The third kappa shape index (κ3) is 4.83. The molecule has 4 saturated carbocycles. The minimum atomic E-state index is -4.50. The highest BCUT2D eigenvalue weighted by Gasteiger charge is 2.51. The highest BCUT2D eigenvalue weighted by molar-refractivity contribution is 5.35. The first kappa shape index (κ1) is 21.4. The molecule has 4 aliphatic carbocycles. The van der Waals surface area contributed by atoms with Gasteiger partial charge in [-0.2, -0.15) is 13.2 Å². The number of rotatable bonds is 7. The van der Waals surface area contributed by atoms with Gasteiger partial charge in [0.05, 0.1) is 13.2 Å². The molecule has 1 aliphatic heterocycles. The van der Waals surface area contributed by atoms with Crippen LogP contribution < -0.4 is 10.6 Å². The minimum absolute atomic E-state index is 0.102. The molecule has 6 nitrogen and oxygen atoms in total. The van der Waals surface area contributed by atoms with E-state index >= 15 is 0 Å². The first-order valence-corrected chi connectivity index (χ1v) is 11.6. The van der Waals surface area contributed by atoms with Crippen LogP contribution in [0.15, 0.2) is 6.20 Å². The van der Waals surface area contributed by atoms with E-state index in [9.17, 15) is 13.2 Å². The van der Waals surface area contributed by atoms with Gasteiger partial charge < -0.3 is 15.4 Å². The number of nitrogens with zero attached hydrogens (tertiary/aromatic N) is 3. The normalized spacial score (nSPS) is 33.1. The summed E-state index contributed by atoms with van der Waals surface area (Å²) in [5, 5.41) is 6.50. The van der Waals surface area contributed by atoms with Crippen LogP contribution in [0.2, 0.25) is 0 Å². The molecule has 0 amide bonds. The van der Waals surface area contributed by atoms with E-state index in [1.165, 1.54) is 25.5 Å². The average molecular weight is 440 g/mol. The number of hydrogen-bond donors (Lipinski definition) is 2. The van der Waals surface area contributed by atoms with Crippen LogP contribution >= 0.6 is 0 Å². The Hall–Kier alpha value is -1.45.